The number of benzene rings is 1. The van der Waals surface area contributed by atoms with E-state index in [4.69, 9.17) is 5.73 Å². The molecule has 1 heterocycles. The molecule has 1 aromatic carbocycles. The highest BCUT2D eigenvalue weighted by atomic mass is 19.4. The minimum Gasteiger partial charge on any atom is -0.323 e. The molecule has 0 amide bonds. The van der Waals surface area contributed by atoms with Crippen molar-refractivity contribution < 1.29 is 26.3 Å². The quantitative estimate of drug-likeness (QED) is 0.852. The van der Waals surface area contributed by atoms with Crippen molar-refractivity contribution in [1.29, 1.82) is 0 Å². The number of rotatable bonds is 2. The largest absolute Gasteiger partial charge is 0.402 e. The third-order valence-corrected chi connectivity index (χ3v) is 3.12. The van der Waals surface area contributed by atoms with Crippen LogP contribution in [0.4, 0.5) is 26.3 Å². The smallest absolute Gasteiger partial charge is 0.323 e. The van der Waals surface area contributed by atoms with Gasteiger partial charge in [-0.05, 0) is 10.9 Å². The maximum absolute atomic E-state index is 12.7. The van der Waals surface area contributed by atoms with Crippen LogP contribution in [0.15, 0.2) is 36.7 Å². The second-order valence-corrected chi connectivity index (χ2v) is 4.54. The van der Waals surface area contributed by atoms with Crippen LogP contribution in [0.3, 0.4) is 0 Å². The number of halogens is 6. The van der Waals surface area contributed by atoms with E-state index in [-0.39, 0.29) is 10.9 Å². The molecule has 2 aromatic rings. The van der Waals surface area contributed by atoms with Gasteiger partial charge in [0.05, 0.1) is 6.04 Å². The molecular formula is C13H10F6N2. The van der Waals surface area contributed by atoms with Crippen molar-refractivity contribution in [1.82, 2.24) is 4.98 Å². The van der Waals surface area contributed by atoms with Crippen molar-refractivity contribution in [3.05, 3.63) is 42.2 Å². The number of aromatic nitrogens is 1. The topological polar surface area (TPSA) is 38.9 Å². The van der Waals surface area contributed by atoms with Gasteiger partial charge >= 0.3 is 12.4 Å². The molecule has 0 bridgehead atoms. The number of hydrogen-bond donors (Lipinski definition) is 1. The average molecular weight is 308 g/mol. The van der Waals surface area contributed by atoms with Gasteiger partial charge in [-0.2, -0.15) is 26.3 Å². The van der Waals surface area contributed by atoms with Crippen molar-refractivity contribution in [2.75, 3.05) is 0 Å². The molecule has 0 fully saturated rings. The van der Waals surface area contributed by atoms with Crippen LogP contribution >= 0.6 is 0 Å². The van der Waals surface area contributed by atoms with Crippen LogP contribution < -0.4 is 5.73 Å². The molecule has 1 atom stereocenters. The minimum absolute atomic E-state index is 0.221. The van der Waals surface area contributed by atoms with E-state index in [0.29, 0.717) is 5.39 Å². The monoisotopic (exact) mass is 308 g/mol. The van der Waals surface area contributed by atoms with Crippen LogP contribution in [0, 0.1) is 5.92 Å². The fourth-order valence-electron chi connectivity index (χ4n) is 2.18. The first-order valence-corrected chi connectivity index (χ1v) is 5.84. The molecule has 0 aliphatic heterocycles. The van der Waals surface area contributed by atoms with Crippen LogP contribution in [0.2, 0.25) is 0 Å². The zero-order chi connectivity index (χ0) is 15.8. The lowest BCUT2D eigenvalue weighted by Crippen LogP contribution is -2.44. The third kappa shape index (κ3) is 3.10. The van der Waals surface area contributed by atoms with Crippen LogP contribution in [-0.4, -0.2) is 17.3 Å². The van der Waals surface area contributed by atoms with Crippen molar-refractivity contribution in [2.24, 2.45) is 11.7 Å². The maximum Gasteiger partial charge on any atom is 0.402 e. The van der Waals surface area contributed by atoms with Gasteiger partial charge < -0.3 is 5.73 Å². The van der Waals surface area contributed by atoms with E-state index in [2.05, 4.69) is 4.98 Å². The second-order valence-electron chi connectivity index (χ2n) is 4.54. The van der Waals surface area contributed by atoms with E-state index in [1.54, 1.807) is 6.07 Å². The number of nitrogens with two attached hydrogens (primary N) is 1. The number of fused-ring (bicyclic) bond motifs is 1. The van der Waals surface area contributed by atoms with E-state index in [1.807, 2.05) is 0 Å². The summed E-state index contributed by atoms with van der Waals surface area (Å²) in [5.74, 6) is -3.64. The molecule has 8 heteroatoms. The van der Waals surface area contributed by atoms with E-state index in [1.165, 1.54) is 24.4 Å². The molecule has 1 aromatic heterocycles. The Bertz CT molecular complexity index is 615. The predicted molar refractivity (Wildman–Crippen MR) is 64.3 cm³/mol. The Balaban J connectivity index is 2.57. The van der Waals surface area contributed by atoms with Gasteiger partial charge in [0.15, 0.2) is 5.92 Å². The molecule has 21 heavy (non-hydrogen) atoms. The molecule has 0 radical (unpaired) electrons. The van der Waals surface area contributed by atoms with Crippen LogP contribution in [0.1, 0.15) is 11.6 Å². The van der Waals surface area contributed by atoms with Crippen molar-refractivity contribution in [3.63, 3.8) is 0 Å². The molecule has 2 rings (SSSR count). The lowest BCUT2D eigenvalue weighted by atomic mass is 9.90. The highest BCUT2D eigenvalue weighted by Gasteiger charge is 2.59. The van der Waals surface area contributed by atoms with Crippen molar-refractivity contribution >= 4 is 10.8 Å². The zero-order valence-corrected chi connectivity index (χ0v) is 10.4. The number of nitrogens with zero attached hydrogens (tertiary/aromatic N) is 1. The van der Waals surface area contributed by atoms with E-state index in [0.717, 1.165) is 6.20 Å². The van der Waals surface area contributed by atoms with Crippen LogP contribution in [0.25, 0.3) is 10.8 Å². The molecule has 2 nitrogen and oxygen atoms in total. The van der Waals surface area contributed by atoms with E-state index in [9.17, 15) is 26.3 Å². The molecule has 1 unspecified atom stereocenters. The molecule has 0 saturated heterocycles. The Morgan fingerprint density at radius 2 is 1.48 bits per heavy atom. The lowest BCUT2D eigenvalue weighted by molar-refractivity contribution is -0.290. The Morgan fingerprint density at radius 1 is 0.905 bits per heavy atom. The molecular weight excluding hydrogens is 298 g/mol. The first kappa shape index (κ1) is 15.6. The number of hydrogen-bond acceptors (Lipinski definition) is 2. The second kappa shape index (κ2) is 5.18. The predicted octanol–water partition coefficient (Wildman–Crippen LogP) is 3.98. The van der Waals surface area contributed by atoms with Crippen LogP contribution in [0.5, 0.6) is 0 Å². The van der Waals surface area contributed by atoms with Crippen molar-refractivity contribution in [3.8, 4) is 0 Å². The number of pyridine rings is 1. The normalized spacial score (nSPS) is 14.7. The highest BCUT2D eigenvalue weighted by Crippen LogP contribution is 2.46. The lowest BCUT2D eigenvalue weighted by Gasteiger charge is -2.28. The Hall–Kier alpha value is -1.83. The van der Waals surface area contributed by atoms with Gasteiger partial charge in [-0.15, -0.1) is 0 Å². The highest BCUT2D eigenvalue weighted by molar-refractivity contribution is 5.85. The standard InChI is InChI=1S/C13H10F6N2/c14-12(15,16)11(13(17,18)19)10(20)9-6-21-5-7-3-1-2-4-8(7)9/h1-6,10-11H,20H2. The third-order valence-electron chi connectivity index (χ3n) is 3.12. The Labute approximate surface area is 115 Å². The summed E-state index contributed by atoms with van der Waals surface area (Å²) in [6.45, 7) is 0. The summed E-state index contributed by atoms with van der Waals surface area (Å²) >= 11 is 0. The zero-order valence-electron chi connectivity index (χ0n) is 10.4. The van der Waals surface area contributed by atoms with Gasteiger partial charge in [0, 0.05) is 17.8 Å². The first-order valence-electron chi connectivity index (χ1n) is 5.84. The Kier molecular flexibility index (Phi) is 3.83. The molecule has 2 N–H and O–H groups in total. The van der Waals surface area contributed by atoms with Gasteiger partial charge in [0.1, 0.15) is 0 Å². The van der Waals surface area contributed by atoms with Crippen molar-refractivity contribution in [2.45, 2.75) is 18.4 Å². The number of alkyl halides is 6. The van der Waals surface area contributed by atoms with E-state index >= 15 is 0 Å². The summed E-state index contributed by atoms with van der Waals surface area (Å²) in [5.41, 5.74) is 5.01. The summed E-state index contributed by atoms with van der Waals surface area (Å²) < 4.78 is 76.4. The van der Waals surface area contributed by atoms with Gasteiger partial charge in [-0.25, -0.2) is 0 Å². The summed E-state index contributed by atoms with van der Waals surface area (Å²) in [5, 5.41) is 0.645. The molecule has 0 spiro atoms. The Morgan fingerprint density at radius 3 is 2.05 bits per heavy atom. The average Bonchev–Trinajstić information content (AvgIpc) is 2.34. The molecule has 0 aliphatic rings. The fourth-order valence-corrected chi connectivity index (χ4v) is 2.18. The summed E-state index contributed by atoms with van der Waals surface area (Å²) in [6, 6.07) is 3.78. The maximum atomic E-state index is 12.7. The fraction of sp³-hybridized carbons (Fsp3) is 0.308. The summed E-state index contributed by atoms with van der Waals surface area (Å²) in [7, 11) is 0. The first-order chi connectivity index (χ1) is 9.62. The summed E-state index contributed by atoms with van der Waals surface area (Å²) in [6.07, 6.45) is -8.69. The van der Waals surface area contributed by atoms with Gasteiger partial charge in [-0.1, -0.05) is 24.3 Å². The summed E-state index contributed by atoms with van der Waals surface area (Å²) in [4.78, 5) is 3.67. The van der Waals surface area contributed by atoms with Gasteiger partial charge in [-0.3, -0.25) is 4.98 Å². The van der Waals surface area contributed by atoms with E-state index < -0.39 is 24.3 Å². The van der Waals surface area contributed by atoms with Gasteiger partial charge in [0.25, 0.3) is 0 Å². The SMILES string of the molecule is NC(c1cncc2ccccc12)C(C(F)(F)F)C(F)(F)F. The molecule has 114 valence electrons. The molecule has 0 saturated carbocycles. The van der Waals surface area contributed by atoms with Crippen LogP contribution in [-0.2, 0) is 0 Å². The minimum atomic E-state index is -5.49. The molecule has 0 aliphatic carbocycles. The van der Waals surface area contributed by atoms with Gasteiger partial charge in [0.2, 0.25) is 0 Å².